The Hall–Kier alpha value is -1.59. The van der Waals surface area contributed by atoms with Crippen LogP contribution in [0.3, 0.4) is 0 Å². The average Bonchev–Trinajstić information content (AvgIpc) is 2.79. The lowest BCUT2D eigenvalue weighted by molar-refractivity contribution is -0.117. The lowest BCUT2D eigenvalue weighted by Crippen LogP contribution is -2.27. The number of anilines is 2. The minimum absolute atomic E-state index is 0.0228. The highest BCUT2D eigenvalue weighted by Gasteiger charge is 2.29. The first-order valence-electron chi connectivity index (χ1n) is 7.67. The molecule has 0 spiro atoms. The Morgan fingerprint density at radius 2 is 2.14 bits per heavy atom. The number of aliphatic hydroxyl groups excluding tert-OH is 1. The van der Waals surface area contributed by atoms with Gasteiger partial charge in [-0.3, -0.25) is 4.79 Å². The molecule has 1 aromatic carbocycles. The van der Waals surface area contributed by atoms with Gasteiger partial charge in [-0.15, -0.1) is 0 Å². The minimum Gasteiger partial charge on any atom is -0.396 e. The molecule has 3 N–H and O–H groups in total. The molecule has 0 aliphatic carbocycles. The molecule has 1 atom stereocenters. The van der Waals surface area contributed by atoms with E-state index in [0.717, 1.165) is 49.3 Å². The van der Waals surface area contributed by atoms with Crippen LogP contribution >= 0.6 is 0 Å². The van der Waals surface area contributed by atoms with Crippen LogP contribution in [-0.2, 0) is 4.79 Å². The van der Waals surface area contributed by atoms with Crippen LogP contribution in [0.4, 0.5) is 11.4 Å². The average molecular weight is 291 g/mol. The van der Waals surface area contributed by atoms with Crippen LogP contribution in [-0.4, -0.2) is 37.8 Å². The number of nitrogens with one attached hydrogen (secondary N) is 2. The van der Waals surface area contributed by atoms with Crippen molar-refractivity contribution in [2.24, 2.45) is 0 Å². The minimum atomic E-state index is -0.228. The summed E-state index contributed by atoms with van der Waals surface area (Å²) in [6.07, 6.45) is 2.95. The van der Waals surface area contributed by atoms with Gasteiger partial charge in [0.05, 0.1) is 0 Å². The molecule has 2 rings (SSSR count). The maximum Gasteiger partial charge on any atom is 0.246 e. The van der Waals surface area contributed by atoms with Gasteiger partial charge in [0.25, 0.3) is 0 Å². The molecule has 0 saturated carbocycles. The summed E-state index contributed by atoms with van der Waals surface area (Å²) in [7, 11) is 2.05. The van der Waals surface area contributed by atoms with E-state index in [2.05, 4.69) is 28.6 Å². The van der Waals surface area contributed by atoms with Gasteiger partial charge in [0.1, 0.15) is 6.04 Å². The molecule has 21 heavy (non-hydrogen) atoms. The third-order valence-electron chi connectivity index (χ3n) is 3.87. The van der Waals surface area contributed by atoms with Crippen LogP contribution in [0.5, 0.6) is 0 Å². The van der Waals surface area contributed by atoms with Crippen molar-refractivity contribution in [1.82, 2.24) is 5.32 Å². The topological polar surface area (TPSA) is 64.6 Å². The number of rotatable bonds is 8. The van der Waals surface area contributed by atoms with Crippen molar-refractivity contribution < 1.29 is 9.90 Å². The molecule has 0 radical (unpaired) electrons. The number of hydrogen-bond acceptors (Lipinski definition) is 4. The molecule has 1 aliphatic heterocycles. The Balaban J connectivity index is 2.01. The number of amides is 1. The largest absolute Gasteiger partial charge is 0.396 e. The summed E-state index contributed by atoms with van der Waals surface area (Å²) in [4.78, 5) is 14.1. The Morgan fingerprint density at radius 3 is 2.86 bits per heavy atom. The summed E-state index contributed by atoms with van der Waals surface area (Å²) in [5, 5.41) is 14.9. The Morgan fingerprint density at radius 1 is 1.33 bits per heavy atom. The third-order valence-corrected chi connectivity index (χ3v) is 3.87. The lowest BCUT2D eigenvalue weighted by Gasteiger charge is -2.20. The van der Waals surface area contributed by atoms with Crippen LogP contribution in [0, 0.1) is 0 Å². The fraction of sp³-hybridized carbons (Fsp3) is 0.562. The first-order valence-corrected chi connectivity index (χ1v) is 7.67. The number of nitrogens with zero attached hydrogens (tertiary/aromatic N) is 1. The van der Waals surface area contributed by atoms with Gasteiger partial charge in [0.2, 0.25) is 5.91 Å². The van der Waals surface area contributed by atoms with Crippen LogP contribution in [0.1, 0.15) is 37.8 Å². The molecule has 5 heteroatoms. The number of unbranched alkanes of at least 4 members (excludes halogenated alkanes) is 2. The van der Waals surface area contributed by atoms with E-state index in [1.54, 1.807) is 0 Å². The van der Waals surface area contributed by atoms with Gasteiger partial charge in [-0.1, -0.05) is 13.0 Å². The summed E-state index contributed by atoms with van der Waals surface area (Å²) in [6, 6.07) is 5.90. The van der Waals surface area contributed by atoms with Crippen molar-refractivity contribution in [3.8, 4) is 0 Å². The second-order valence-corrected chi connectivity index (χ2v) is 5.46. The van der Waals surface area contributed by atoms with E-state index in [1.807, 2.05) is 19.1 Å². The van der Waals surface area contributed by atoms with Crippen molar-refractivity contribution in [1.29, 1.82) is 0 Å². The molecule has 1 aromatic rings. The smallest absolute Gasteiger partial charge is 0.246 e. The van der Waals surface area contributed by atoms with Crippen molar-refractivity contribution in [3.63, 3.8) is 0 Å². The molecule has 1 amide bonds. The normalized spacial score (nSPS) is 16.7. The molecular weight excluding hydrogens is 266 g/mol. The monoisotopic (exact) mass is 291 g/mol. The number of aliphatic hydroxyl groups is 1. The van der Waals surface area contributed by atoms with Gasteiger partial charge in [-0.2, -0.15) is 0 Å². The third kappa shape index (κ3) is 3.74. The number of likely N-dealkylation sites (N-methyl/N-ethyl adjacent to an activating group) is 1. The maximum atomic E-state index is 11.9. The zero-order chi connectivity index (χ0) is 15.2. The molecule has 0 bridgehead atoms. The van der Waals surface area contributed by atoms with E-state index in [9.17, 15) is 4.79 Å². The SMILES string of the molecule is CCNC1C(=O)Nc2cc(N(C)CCCCCO)ccc21. The molecule has 1 aliphatic rings. The summed E-state index contributed by atoms with van der Waals surface area (Å²) in [5.74, 6) is 0.0228. The Labute approximate surface area is 126 Å². The number of hydrogen-bond donors (Lipinski definition) is 3. The van der Waals surface area contributed by atoms with Gasteiger partial charge in [-0.05, 0) is 37.9 Å². The van der Waals surface area contributed by atoms with Crippen LogP contribution < -0.4 is 15.5 Å². The predicted octanol–water partition coefficient (Wildman–Crippen LogP) is 1.89. The number of fused-ring (bicyclic) bond motifs is 1. The fourth-order valence-corrected chi connectivity index (χ4v) is 2.66. The van der Waals surface area contributed by atoms with Gasteiger partial charge in [0.15, 0.2) is 0 Å². The van der Waals surface area contributed by atoms with Crippen LogP contribution in [0.25, 0.3) is 0 Å². The lowest BCUT2D eigenvalue weighted by atomic mass is 10.1. The molecule has 1 unspecified atom stereocenters. The van der Waals surface area contributed by atoms with E-state index < -0.39 is 0 Å². The highest BCUT2D eigenvalue weighted by molar-refractivity contribution is 6.03. The summed E-state index contributed by atoms with van der Waals surface area (Å²) in [6.45, 7) is 3.98. The van der Waals surface area contributed by atoms with Crippen molar-refractivity contribution in [2.75, 3.05) is 37.0 Å². The zero-order valence-electron chi connectivity index (χ0n) is 12.9. The molecule has 0 saturated heterocycles. The highest BCUT2D eigenvalue weighted by atomic mass is 16.2. The first-order chi connectivity index (χ1) is 10.2. The van der Waals surface area contributed by atoms with Crippen molar-refractivity contribution in [2.45, 2.75) is 32.2 Å². The molecule has 1 heterocycles. The van der Waals surface area contributed by atoms with Gasteiger partial charge >= 0.3 is 0 Å². The second kappa shape index (κ2) is 7.43. The van der Waals surface area contributed by atoms with Crippen molar-refractivity contribution in [3.05, 3.63) is 23.8 Å². The molecule has 116 valence electrons. The van der Waals surface area contributed by atoms with Gasteiger partial charge in [0, 0.05) is 37.1 Å². The Kier molecular flexibility index (Phi) is 5.59. The number of benzene rings is 1. The molecule has 5 nitrogen and oxygen atoms in total. The van der Waals surface area contributed by atoms with E-state index in [0.29, 0.717) is 0 Å². The van der Waals surface area contributed by atoms with Crippen LogP contribution in [0.2, 0.25) is 0 Å². The summed E-state index contributed by atoms with van der Waals surface area (Å²) >= 11 is 0. The van der Waals surface area contributed by atoms with Crippen LogP contribution in [0.15, 0.2) is 18.2 Å². The summed E-state index contributed by atoms with van der Waals surface area (Å²) < 4.78 is 0. The first kappa shape index (κ1) is 15.8. The van der Waals surface area contributed by atoms with E-state index >= 15 is 0 Å². The highest BCUT2D eigenvalue weighted by Crippen LogP contribution is 2.33. The maximum absolute atomic E-state index is 11.9. The number of carbonyl (C=O) groups excluding carboxylic acids is 1. The Bertz CT molecular complexity index is 490. The van der Waals surface area contributed by atoms with Gasteiger partial charge in [-0.25, -0.2) is 0 Å². The molecule has 0 aromatic heterocycles. The number of carbonyl (C=O) groups is 1. The van der Waals surface area contributed by atoms with E-state index in [1.165, 1.54) is 0 Å². The van der Waals surface area contributed by atoms with E-state index in [4.69, 9.17) is 5.11 Å². The molecule has 0 fully saturated rings. The molecular formula is C16H25N3O2. The standard InChI is InChI=1S/C16H25N3O2/c1-3-17-15-13-8-7-12(11-14(13)18-16(15)21)19(2)9-5-4-6-10-20/h7-8,11,15,17,20H,3-6,9-10H2,1-2H3,(H,18,21). The quantitative estimate of drug-likeness (QED) is 0.640. The fourth-order valence-electron chi connectivity index (χ4n) is 2.66. The van der Waals surface area contributed by atoms with E-state index in [-0.39, 0.29) is 18.6 Å². The van der Waals surface area contributed by atoms with Gasteiger partial charge < -0.3 is 20.6 Å². The second-order valence-electron chi connectivity index (χ2n) is 5.46. The summed E-state index contributed by atoms with van der Waals surface area (Å²) in [5.41, 5.74) is 3.04. The zero-order valence-corrected chi connectivity index (χ0v) is 12.9. The van der Waals surface area contributed by atoms with Crippen molar-refractivity contribution >= 4 is 17.3 Å². The predicted molar refractivity (Wildman–Crippen MR) is 85.7 cm³/mol.